The predicted octanol–water partition coefficient (Wildman–Crippen LogP) is 3.07. The number of urea groups is 1. The summed E-state index contributed by atoms with van der Waals surface area (Å²) in [5, 5.41) is 5.77. The van der Waals surface area contributed by atoms with E-state index in [1.54, 1.807) is 0 Å². The van der Waals surface area contributed by atoms with Gasteiger partial charge >= 0.3 is 6.03 Å². The first kappa shape index (κ1) is 17.3. The molecule has 1 aliphatic rings. The van der Waals surface area contributed by atoms with Crippen molar-refractivity contribution in [3.63, 3.8) is 0 Å². The Morgan fingerprint density at radius 3 is 2.24 bits per heavy atom. The zero-order valence-corrected chi connectivity index (χ0v) is 15.0. The number of hydrogen-bond acceptors (Lipinski definition) is 3. The van der Waals surface area contributed by atoms with Crippen molar-refractivity contribution >= 4 is 17.4 Å². The molecule has 1 saturated heterocycles. The van der Waals surface area contributed by atoms with Gasteiger partial charge in [0.2, 0.25) is 0 Å². The fourth-order valence-corrected chi connectivity index (χ4v) is 2.88. The van der Waals surface area contributed by atoms with Crippen LogP contribution in [0.4, 0.5) is 16.2 Å². The highest BCUT2D eigenvalue weighted by molar-refractivity contribution is 5.89. The molecule has 2 N–H and O–H groups in total. The number of benzene rings is 2. The van der Waals surface area contributed by atoms with Crippen LogP contribution < -0.4 is 15.5 Å². The van der Waals surface area contributed by atoms with Crippen LogP contribution in [0.25, 0.3) is 0 Å². The molecule has 0 radical (unpaired) electrons. The lowest BCUT2D eigenvalue weighted by Crippen LogP contribution is -2.44. The van der Waals surface area contributed by atoms with Gasteiger partial charge in [-0.3, -0.25) is 0 Å². The number of piperazine rings is 1. The molecule has 0 atom stereocenters. The molecule has 2 amide bonds. The van der Waals surface area contributed by atoms with Crippen LogP contribution in [0.5, 0.6) is 0 Å². The highest BCUT2D eigenvalue weighted by atomic mass is 16.2. The SMILES string of the molecule is Cc1ccc(CNC(=O)Nc2ccc(N3CCN(C)CC3)cc2)cc1. The quantitative estimate of drug-likeness (QED) is 0.901. The average molecular weight is 338 g/mol. The van der Waals surface area contributed by atoms with Crippen molar-refractivity contribution in [1.82, 2.24) is 10.2 Å². The van der Waals surface area contributed by atoms with Crippen molar-refractivity contribution in [1.29, 1.82) is 0 Å². The number of aryl methyl sites for hydroxylation is 1. The molecule has 5 nitrogen and oxygen atoms in total. The van der Waals surface area contributed by atoms with E-state index in [2.05, 4.69) is 46.5 Å². The lowest BCUT2D eigenvalue weighted by Gasteiger charge is -2.34. The molecule has 132 valence electrons. The molecular formula is C20H26N4O. The Bertz CT molecular complexity index is 689. The van der Waals surface area contributed by atoms with Gasteiger partial charge in [0.15, 0.2) is 0 Å². The Labute approximate surface area is 149 Å². The van der Waals surface area contributed by atoms with Crippen LogP contribution in [0.3, 0.4) is 0 Å². The third-order valence-corrected chi connectivity index (χ3v) is 4.57. The minimum Gasteiger partial charge on any atom is -0.369 e. The van der Waals surface area contributed by atoms with Gasteiger partial charge < -0.3 is 20.4 Å². The molecule has 2 aromatic carbocycles. The highest BCUT2D eigenvalue weighted by Crippen LogP contribution is 2.19. The van der Waals surface area contributed by atoms with E-state index < -0.39 is 0 Å². The number of rotatable bonds is 4. The van der Waals surface area contributed by atoms with Gasteiger partial charge in [-0.1, -0.05) is 29.8 Å². The summed E-state index contributed by atoms with van der Waals surface area (Å²) < 4.78 is 0. The van der Waals surface area contributed by atoms with E-state index in [-0.39, 0.29) is 6.03 Å². The van der Waals surface area contributed by atoms with Crippen molar-refractivity contribution in [3.8, 4) is 0 Å². The Kier molecular flexibility index (Phi) is 5.56. The van der Waals surface area contributed by atoms with Crippen molar-refractivity contribution in [2.75, 3.05) is 43.4 Å². The standard InChI is InChI=1S/C20H26N4O/c1-16-3-5-17(6-4-16)15-21-20(25)22-18-7-9-19(10-8-18)24-13-11-23(2)12-14-24/h3-10H,11-15H2,1-2H3,(H2,21,22,25). The van der Waals surface area contributed by atoms with Crippen molar-refractivity contribution in [2.24, 2.45) is 0 Å². The maximum absolute atomic E-state index is 12.0. The van der Waals surface area contributed by atoms with Gasteiger partial charge in [0.05, 0.1) is 0 Å². The molecule has 0 unspecified atom stereocenters. The number of likely N-dealkylation sites (N-methyl/N-ethyl adjacent to an activating group) is 1. The van der Waals surface area contributed by atoms with Gasteiger partial charge in [-0.2, -0.15) is 0 Å². The molecular weight excluding hydrogens is 312 g/mol. The average Bonchev–Trinajstić information content (AvgIpc) is 2.63. The second-order valence-electron chi connectivity index (χ2n) is 6.63. The minimum atomic E-state index is -0.187. The van der Waals surface area contributed by atoms with Crippen LogP contribution in [-0.4, -0.2) is 44.2 Å². The molecule has 1 heterocycles. The topological polar surface area (TPSA) is 47.6 Å². The maximum Gasteiger partial charge on any atom is 0.319 e. The summed E-state index contributed by atoms with van der Waals surface area (Å²) in [5.41, 5.74) is 4.32. The molecule has 0 bridgehead atoms. The van der Waals surface area contributed by atoms with E-state index >= 15 is 0 Å². The second kappa shape index (κ2) is 8.03. The number of carbonyl (C=O) groups excluding carboxylic acids is 1. The van der Waals surface area contributed by atoms with Crippen LogP contribution >= 0.6 is 0 Å². The number of anilines is 2. The van der Waals surface area contributed by atoms with Crippen LogP contribution in [0, 0.1) is 6.92 Å². The Morgan fingerprint density at radius 2 is 1.60 bits per heavy atom. The molecule has 0 aliphatic carbocycles. The van der Waals surface area contributed by atoms with Crippen molar-refractivity contribution < 1.29 is 4.79 Å². The molecule has 0 spiro atoms. The van der Waals surface area contributed by atoms with E-state index in [4.69, 9.17) is 0 Å². The van der Waals surface area contributed by atoms with Crippen LogP contribution in [-0.2, 0) is 6.54 Å². The summed E-state index contributed by atoms with van der Waals surface area (Å²) in [4.78, 5) is 16.8. The number of hydrogen-bond donors (Lipinski definition) is 2. The van der Waals surface area contributed by atoms with E-state index in [0.29, 0.717) is 6.54 Å². The zero-order valence-electron chi connectivity index (χ0n) is 15.0. The maximum atomic E-state index is 12.0. The van der Waals surface area contributed by atoms with Gasteiger partial charge in [0, 0.05) is 44.1 Å². The first-order valence-corrected chi connectivity index (χ1v) is 8.74. The number of carbonyl (C=O) groups is 1. The molecule has 1 aliphatic heterocycles. The van der Waals surface area contributed by atoms with Gasteiger partial charge in [0.1, 0.15) is 0 Å². The van der Waals surface area contributed by atoms with Gasteiger partial charge in [-0.05, 0) is 43.8 Å². The number of nitrogens with zero attached hydrogens (tertiary/aromatic N) is 2. The summed E-state index contributed by atoms with van der Waals surface area (Å²) >= 11 is 0. The van der Waals surface area contributed by atoms with E-state index in [9.17, 15) is 4.79 Å². The Morgan fingerprint density at radius 1 is 0.960 bits per heavy atom. The number of amides is 2. The summed E-state index contributed by atoms with van der Waals surface area (Å²) in [6.07, 6.45) is 0. The van der Waals surface area contributed by atoms with Crippen LogP contribution in [0.1, 0.15) is 11.1 Å². The Hall–Kier alpha value is -2.53. The normalized spacial score (nSPS) is 15.0. The molecule has 2 aromatic rings. The molecule has 25 heavy (non-hydrogen) atoms. The fourth-order valence-electron chi connectivity index (χ4n) is 2.88. The van der Waals surface area contributed by atoms with Crippen LogP contribution in [0.15, 0.2) is 48.5 Å². The third-order valence-electron chi connectivity index (χ3n) is 4.57. The zero-order chi connectivity index (χ0) is 17.6. The van der Waals surface area contributed by atoms with Crippen molar-refractivity contribution in [2.45, 2.75) is 13.5 Å². The van der Waals surface area contributed by atoms with Gasteiger partial charge in [-0.25, -0.2) is 4.79 Å². The first-order chi connectivity index (χ1) is 12.1. The van der Waals surface area contributed by atoms with Crippen LogP contribution in [0.2, 0.25) is 0 Å². The minimum absolute atomic E-state index is 0.187. The molecule has 0 aromatic heterocycles. The molecule has 0 saturated carbocycles. The van der Waals surface area contributed by atoms with Gasteiger partial charge in [0.25, 0.3) is 0 Å². The third kappa shape index (κ3) is 4.97. The lowest BCUT2D eigenvalue weighted by molar-refractivity contribution is 0.251. The molecule has 3 rings (SSSR count). The largest absolute Gasteiger partial charge is 0.369 e. The monoisotopic (exact) mass is 338 g/mol. The lowest BCUT2D eigenvalue weighted by atomic mass is 10.1. The fraction of sp³-hybridized carbons (Fsp3) is 0.350. The predicted molar refractivity (Wildman–Crippen MR) is 103 cm³/mol. The smallest absolute Gasteiger partial charge is 0.319 e. The summed E-state index contributed by atoms with van der Waals surface area (Å²) in [7, 11) is 2.15. The summed E-state index contributed by atoms with van der Waals surface area (Å²) in [6.45, 7) is 6.82. The second-order valence-corrected chi connectivity index (χ2v) is 6.63. The van der Waals surface area contributed by atoms with E-state index in [1.165, 1.54) is 11.3 Å². The highest BCUT2D eigenvalue weighted by Gasteiger charge is 2.14. The van der Waals surface area contributed by atoms with E-state index in [1.807, 2.05) is 36.4 Å². The number of nitrogens with one attached hydrogen (secondary N) is 2. The molecule has 5 heteroatoms. The summed E-state index contributed by atoms with van der Waals surface area (Å²) in [6, 6.07) is 16.0. The first-order valence-electron chi connectivity index (χ1n) is 8.74. The summed E-state index contributed by atoms with van der Waals surface area (Å²) in [5.74, 6) is 0. The van der Waals surface area contributed by atoms with Crippen molar-refractivity contribution in [3.05, 3.63) is 59.7 Å². The molecule has 1 fully saturated rings. The Balaban J connectivity index is 1.49. The van der Waals surface area contributed by atoms with Gasteiger partial charge in [-0.15, -0.1) is 0 Å². The van der Waals surface area contributed by atoms with E-state index in [0.717, 1.165) is 37.4 Å².